The van der Waals surface area contributed by atoms with Gasteiger partial charge in [-0.25, -0.2) is 0 Å². The minimum Gasteiger partial charge on any atom is -0.483 e. The third kappa shape index (κ3) is 5.58. The van der Waals surface area contributed by atoms with Gasteiger partial charge in [-0.2, -0.15) is 0 Å². The summed E-state index contributed by atoms with van der Waals surface area (Å²) in [6.45, 7) is 0.0720. The fraction of sp³-hybridized carbons (Fsp3) is 0.0741. The van der Waals surface area contributed by atoms with Crippen molar-refractivity contribution in [3.05, 3.63) is 108 Å². The Labute approximate surface area is 196 Å². The molecule has 0 atom stereocenters. The van der Waals surface area contributed by atoms with Crippen molar-refractivity contribution < 1.29 is 19.1 Å². The summed E-state index contributed by atoms with van der Waals surface area (Å²) in [4.78, 5) is 36.6. The molecule has 4 aromatic carbocycles. The Morgan fingerprint density at radius 2 is 1.44 bits per heavy atom. The van der Waals surface area contributed by atoms with Crippen molar-refractivity contribution in [3.63, 3.8) is 0 Å². The van der Waals surface area contributed by atoms with Gasteiger partial charge in [-0.05, 0) is 52.7 Å². The average molecular weight is 453 g/mol. The molecule has 7 heteroatoms. The highest BCUT2D eigenvalue weighted by atomic mass is 16.5. The second-order valence-electron chi connectivity index (χ2n) is 7.64. The van der Waals surface area contributed by atoms with E-state index in [-0.39, 0.29) is 12.5 Å². The quantitative estimate of drug-likeness (QED) is 0.376. The minimum absolute atomic E-state index is 0.297. The van der Waals surface area contributed by atoms with Gasteiger partial charge < -0.3 is 21.1 Å². The number of carbonyl (C=O) groups excluding carboxylic acids is 3. The van der Waals surface area contributed by atoms with E-state index in [9.17, 15) is 14.4 Å². The lowest BCUT2D eigenvalue weighted by molar-refractivity contribution is -0.118. The highest BCUT2D eigenvalue weighted by Crippen LogP contribution is 2.26. The van der Waals surface area contributed by atoms with E-state index in [1.54, 1.807) is 24.3 Å². The molecule has 0 aliphatic rings. The summed E-state index contributed by atoms with van der Waals surface area (Å²) in [5.41, 5.74) is 7.39. The summed E-state index contributed by atoms with van der Waals surface area (Å²) in [5.74, 6) is -0.943. The second kappa shape index (κ2) is 10.3. The Hall–Kier alpha value is -4.65. The number of nitrogens with one attached hydrogen (secondary N) is 2. The molecule has 7 nitrogen and oxygen atoms in total. The highest BCUT2D eigenvalue weighted by molar-refractivity contribution is 6.02. The van der Waals surface area contributed by atoms with Gasteiger partial charge in [-0.1, -0.05) is 54.6 Å². The summed E-state index contributed by atoms with van der Waals surface area (Å²) in [6.07, 6.45) is 0. The molecule has 0 spiro atoms. The third-order valence-electron chi connectivity index (χ3n) is 5.20. The van der Waals surface area contributed by atoms with E-state index in [1.807, 2.05) is 54.6 Å². The molecule has 0 bridgehead atoms. The molecule has 4 N–H and O–H groups in total. The van der Waals surface area contributed by atoms with Crippen LogP contribution in [0, 0.1) is 0 Å². The molecule has 4 rings (SSSR count). The number of ether oxygens (including phenoxy) is 1. The maximum absolute atomic E-state index is 13.0. The summed E-state index contributed by atoms with van der Waals surface area (Å²) in [5, 5.41) is 7.38. The SMILES string of the molecule is NC(=O)c1ccc(NC(=O)COc2cc3ccccc3cc2C(=O)NCc2ccccc2)cc1. The van der Waals surface area contributed by atoms with Crippen molar-refractivity contribution in [2.75, 3.05) is 11.9 Å². The number of primary amides is 1. The van der Waals surface area contributed by atoms with E-state index < -0.39 is 11.8 Å². The number of nitrogens with two attached hydrogens (primary N) is 1. The zero-order valence-electron chi connectivity index (χ0n) is 18.3. The van der Waals surface area contributed by atoms with Gasteiger partial charge in [0, 0.05) is 17.8 Å². The van der Waals surface area contributed by atoms with Gasteiger partial charge in [-0.3, -0.25) is 14.4 Å². The van der Waals surface area contributed by atoms with Crippen molar-refractivity contribution >= 4 is 34.2 Å². The van der Waals surface area contributed by atoms with Crippen LogP contribution in [0.25, 0.3) is 10.8 Å². The van der Waals surface area contributed by atoms with Gasteiger partial charge in [0.15, 0.2) is 6.61 Å². The zero-order chi connectivity index (χ0) is 23.9. The Bertz CT molecular complexity index is 1340. The van der Waals surface area contributed by atoms with Crippen LogP contribution in [-0.2, 0) is 11.3 Å². The number of anilines is 1. The summed E-state index contributed by atoms with van der Waals surface area (Å²) < 4.78 is 5.77. The molecule has 4 aromatic rings. The van der Waals surface area contributed by atoms with Gasteiger partial charge in [-0.15, -0.1) is 0 Å². The standard InChI is InChI=1S/C27H23N3O4/c28-26(32)19-10-12-22(13-11-19)30-25(31)17-34-24-15-21-9-5-4-8-20(21)14-23(24)27(33)29-16-18-6-2-1-3-7-18/h1-15H,16-17H2,(H2,28,32)(H,29,33)(H,30,31). The molecular weight excluding hydrogens is 430 g/mol. The molecule has 3 amide bonds. The van der Waals surface area contributed by atoms with Crippen molar-refractivity contribution in [2.24, 2.45) is 5.73 Å². The average Bonchev–Trinajstić information content (AvgIpc) is 2.86. The van der Waals surface area contributed by atoms with E-state index >= 15 is 0 Å². The molecule has 0 saturated carbocycles. The lowest BCUT2D eigenvalue weighted by Crippen LogP contribution is -2.25. The molecule has 0 unspecified atom stereocenters. The summed E-state index contributed by atoms with van der Waals surface area (Å²) in [6, 6.07) is 26.9. The summed E-state index contributed by atoms with van der Waals surface area (Å²) >= 11 is 0. The molecule has 34 heavy (non-hydrogen) atoms. The molecule has 0 saturated heterocycles. The molecular formula is C27H23N3O4. The Balaban J connectivity index is 1.48. The number of amides is 3. The fourth-order valence-corrected chi connectivity index (χ4v) is 3.45. The number of hydrogen-bond acceptors (Lipinski definition) is 4. The highest BCUT2D eigenvalue weighted by Gasteiger charge is 2.16. The Kier molecular flexibility index (Phi) is 6.84. The molecule has 0 fully saturated rings. The maximum Gasteiger partial charge on any atom is 0.262 e. The van der Waals surface area contributed by atoms with Crippen LogP contribution in [0.3, 0.4) is 0 Å². The van der Waals surface area contributed by atoms with Crippen molar-refractivity contribution in [1.29, 1.82) is 0 Å². The number of hydrogen-bond donors (Lipinski definition) is 3. The summed E-state index contributed by atoms with van der Waals surface area (Å²) in [7, 11) is 0. The fourth-order valence-electron chi connectivity index (χ4n) is 3.45. The first kappa shape index (κ1) is 22.5. The van der Waals surface area contributed by atoms with E-state index in [0.29, 0.717) is 29.1 Å². The van der Waals surface area contributed by atoms with E-state index in [2.05, 4.69) is 10.6 Å². The lowest BCUT2D eigenvalue weighted by Gasteiger charge is -2.14. The van der Waals surface area contributed by atoms with Crippen LogP contribution in [0.15, 0.2) is 91.0 Å². The smallest absolute Gasteiger partial charge is 0.262 e. The van der Waals surface area contributed by atoms with Gasteiger partial charge in [0.25, 0.3) is 11.8 Å². The van der Waals surface area contributed by atoms with Crippen LogP contribution >= 0.6 is 0 Å². The number of benzene rings is 4. The first-order chi connectivity index (χ1) is 16.5. The second-order valence-corrected chi connectivity index (χ2v) is 7.64. The van der Waals surface area contributed by atoms with Gasteiger partial charge in [0.1, 0.15) is 5.75 Å². The van der Waals surface area contributed by atoms with E-state index in [1.165, 1.54) is 12.1 Å². The minimum atomic E-state index is -0.546. The van der Waals surface area contributed by atoms with Crippen LogP contribution in [-0.4, -0.2) is 24.3 Å². The van der Waals surface area contributed by atoms with Crippen molar-refractivity contribution in [2.45, 2.75) is 6.54 Å². The number of fused-ring (bicyclic) bond motifs is 1. The molecule has 0 radical (unpaired) electrons. The Morgan fingerprint density at radius 1 is 0.794 bits per heavy atom. The molecule has 170 valence electrons. The third-order valence-corrected chi connectivity index (χ3v) is 5.20. The van der Waals surface area contributed by atoms with Crippen LogP contribution in [0.4, 0.5) is 5.69 Å². The van der Waals surface area contributed by atoms with Crippen LogP contribution in [0.5, 0.6) is 5.75 Å². The van der Waals surface area contributed by atoms with Crippen LogP contribution in [0.2, 0.25) is 0 Å². The molecule has 0 heterocycles. The lowest BCUT2D eigenvalue weighted by atomic mass is 10.1. The van der Waals surface area contributed by atoms with Crippen molar-refractivity contribution in [1.82, 2.24) is 5.32 Å². The molecule has 0 aliphatic carbocycles. The van der Waals surface area contributed by atoms with E-state index in [4.69, 9.17) is 10.5 Å². The molecule has 0 aliphatic heterocycles. The topological polar surface area (TPSA) is 111 Å². The van der Waals surface area contributed by atoms with Gasteiger partial charge in [0.2, 0.25) is 5.91 Å². The van der Waals surface area contributed by atoms with E-state index in [0.717, 1.165) is 16.3 Å². The first-order valence-electron chi connectivity index (χ1n) is 10.7. The van der Waals surface area contributed by atoms with Crippen molar-refractivity contribution in [3.8, 4) is 5.75 Å². The van der Waals surface area contributed by atoms with Gasteiger partial charge in [0.05, 0.1) is 5.56 Å². The van der Waals surface area contributed by atoms with Crippen LogP contribution in [0.1, 0.15) is 26.3 Å². The van der Waals surface area contributed by atoms with Gasteiger partial charge >= 0.3 is 0 Å². The maximum atomic E-state index is 13.0. The largest absolute Gasteiger partial charge is 0.483 e. The molecule has 0 aromatic heterocycles. The zero-order valence-corrected chi connectivity index (χ0v) is 18.3. The number of rotatable bonds is 8. The predicted molar refractivity (Wildman–Crippen MR) is 131 cm³/mol. The van der Waals surface area contributed by atoms with Crippen LogP contribution < -0.4 is 21.1 Å². The predicted octanol–water partition coefficient (Wildman–Crippen LogP) is 3.89. The number of carbonyl (C=O) groups is 3. The first-order valence-corrected chi connectivity index (χ1v) is 10.7. The monoisotopic (exact) mass is 453 g/mol. The normalized spacial score (nSPS) is 10.5. The Morgan fingerprint density at radius 3 is 2.12 bits per heavy atom.